The topological polar surface area (TPSA) is 78.6 Å². The van der Waals surface area contributed by atoms with E-state index in [4.69, 9.17) is 15.2 Å². The molecule has 0 atom stereocenters. The van der Waals surface area contributed by atoms with Gasteiger partial charge in [0.25, 0.3) is 5.91 Å². The molecule has 0 saturated heterocycles. The standard InChI is InChI=1S/C13H16BrNO4/c1-2-18-12(16)8-19-11-4-3-9(5-6-14)7-10(11)13(15)17/h3-4,7H,2,5-6,8H2,1H3,(H2,15,17). The number of nitrogens with two attached hydrogens (primary N) is 1. The summed E-state index contributed by atoms with van der Waals surface area (Å²) in [6.07, 6.45) is 0.776. The number of primary amides is 1. The molecule has 0 spiro atoms. The zero-order valence-electron chi connectivity index (χ0n) is 10.6. The molecule has 0 unspecified atom stereocenters. The number of carbonyl (C=O) groups is 2. The molecule has 1 rings (SSSR count). The van der Waals surface area contributed by atoms with Crippen LogP contribution in [0.3, 0.4) is 0 Å². The zero-order chi connectivity index (χ0) is 14.3. The number of benzene rings is 1. The van der Waals surface area contributed by atoms with E-state index >= 15 is 0 Å². The predicted molar refractivity (Wildman–Crippen MR) is 74.6 cm³/mol. The SMILES string of the molecule is CCOC(=O)COc1ccc(CCBr)cc1C(N)=O. The lowest BCUT2D eigenvalue weighted by Gasteiger charge is -2.10. The van der Waals surface area contributed by atoms with E-state index in [1.54, 1.807) is 19.1 Å². The second-order valence-electron chi connectivity index (χ2n) is 3.73. The molecule has 2 N–H and O–H groups in total. The molecule has 0 aliphatic rings. The van der Waals surface area contributed by atoms with Crippen LogP contribution in [0.15, 0.2) is 18.2 Å². The van der Waals surface area contributed by atoms with Gasteiger partial charge in [-0.25, -0.2) is 4.79 Å². The fourth-order valence-corrected chi connectivity index (χ4v) is 1.96. The molecule has 0 aliphatic heterocycles. The first kappa shape index (κ1) is 15.5. The van der Waals surface area contributed by atoms with Crippen LogP contribution in [-0.2, 0) is 16.0 Å². The molecule has 0 fully saturated rings. The van der Waals surface area contributed by atoms with Gasteiger partial charge in [-0.2, -0.15) is 0 Å². The van der Waals surface area contributed by atoms with Crippen molar-refractivity contribution in [1.29, 1.82) is 0 Å². The molecule has 6 heteroatoms. The van der Waals surface area contributed by atoms with E-state index in [0.717, 1.165) is 17.3 Å². The van der Waals surface area contributed by atoms with Gasteiger partial charge in [0.1, 0.15) is 5.75 Å². The van der Waals surface area contributed by atoms with Crippen molar-refractivity contribution in [2.45, 2.75) is 13.3 Å². The van der Waals surface area contributed by atoms with Crippen LogP contribution in [0.2, 0.25) is 0 Å². The van der Waals surface area contributed by atoms with Gasteiger partial charge in [0.2, 0.25) is 0 Å². The van der Waals surface area contributed by atoms with E-state index in [1.165, 1.54) is 0 Å². The lowest BCUT2D eigenvalue weighted by atomic mass is 10.1. The van der Waals surface area contributed by atoms with Crippen LogP contribution in [-0.4, -0.2) is 30.4 Å². The molecule has 0 aliphatic carbocycles. The van der Waals surface area contributed by atoms with Gasteiger partial charge in [0, 0.05) is 5.33 Å². The van der Waals surface area contributed by atoms with Crippen LogP contribution in [0, 0.1) is 0 Å². The van der Waals surface area contributed by atoms with Gasteiger partial charge >= 0.3 is 5.97 Å². The monoisotopic (exact) mass is 329 g/mol. The summed E-state index contributed by atoms with van der Waals surface area (Å²) in [6, 6.07) is 5.13. The van der Waals surface area contributed by atoms with Gasteiger partial charge in [-0.15, -0.1) is 0 Å². The van der Waals surface area contributed by atoms with Gasteiger partial charge in [-0.05, 0) is 31.0 Å². The van der Waals surface area contributed by atoms with Crippen molar-refractivity contribution >= 4 is 27.8 Å². The summed E-state index contributed by atoms with van der Waals surface area (Å²) in [4.78, 5) is 22.6. The van der Waals surface area contributed by atoms with Crippen LogP contribution < -0.4 is 10.5 Å². The van der Waals surface area contributed by atoms with Crippen molar-refractivity contribution in [3.05, 3.63) is 29.3 Å². The van der Waals surface area contributed by atoms with Crippen molar-refractivity contribution in [3.63, 3.8) is 0 Å². The van der Waals surface area contributed by atoms with Gasteiger partial charge in [0.15, 0.2) is 6.61 Å². The quantitative estimate of drug-likeness (QED) is 0.609. The van der Waals surface area contributed by atoms with E-state index in [1.807, 2.05) is 6.07 Å². The van der Waals surface area contributed by atoms with E-state index in [9.17, 15) is 9.59 Å². The van der Waals surface area contributed by atoms with Crippen molar-refractivity contribution in [3.8, 4) is 5.75 Å². The number of carbonyl (C=O) groups excluding carboxylic acids is 2. The van der Waals surface area contributed by atoms with Crippen LogP contribution in [0.5, 0.6) is 5.75 Å². The van der Waals surface area contributed by atoms with Crippen molar-refractivity contribution in [2.75, 3.05) is 18.5 Å². The highest BCUT2D eigenvalue weighted by Gasteiger charge is 2.12. The molecule has 1 amide bonds. The van der Waals surface area contributed by atoms with E-state index in [0.29, 0.717) is 5.75 Å². The van der Waals surface area contributed by atoms with Crippen LogP contribution in [0.4, 0.5) is 0 Å². The molecule has 0 heterocycles. The highest BCUT2D eigenvalue weighted by atomic mass is 79.9. The number of aryl methyl sites for hydroxylation is 1. The molecule has 0 aromatic heterocycles. The number of alkyl halides is 1. The number of amides is 1. The largest absolute Gasteiger partial charge is 0.481 e. The molecule has 0 saturated carbocycles. The van der Waals surface area contributed by atoms with Crippen molar-refractivity contribution in [2.24, 2.45) is 5.73 Å². The zero-order valence-corrected chi connectivity index (χ0v) is 12.2. The van der Waals surface area contributed by atoms with Gasteiger partial charge in [-0.1, -0.05) is 22.0 Å². The predicted octanol–water partition coefficient (Wildman–Crippen LogP) is 1.66. The Bertz CT molecular complexity index is 462. The smallest absolute Gasteiger partial charge is 0.344 e. The first-order valence-corrected chi connectivity index (χ1v) is 6.97. The van der Waals surface area contributed by atoms with Crippen molar-refractivity contribution in [1.82, 2.24) is 0 Å². The third kappa shape index (κ3) is 4.90. The second kappa shape index (κ2) is 7.78. The van der Waals surface area contributed by atoms with Crippen LogP contribution >= 0.6 is 15.9 Å². The Kier molecular flexibility index (Phi) is 6.35. The number of halogens is 1. The third-order valence-corrected chi connectivity index (χ3v) is 2.74. The minimum Gasteiger partial charge on any atom is -0.481 e. The Balaban J connectivity index is 2.82. The average molecular weight is 330 g/mol. The van der Waals surface area contributed by atoms with Gasteiger partial charge in [-0.3, -0.25) is 4.79 Å². The molecule has 104 valence electrons. The number of hydrogen-bond donors (Lipinski definition) is 1. The van der Waals surface area contributed by atoms with Crippen molar-refractivity contribution < 1.29 is 19.1 Å². The minimum absolute atomic E-state index is 0.244. The molecule has 1 aromatic carbocycles. The normalized spacial score (nSPS) is 10.0. The fraction of sp³-hybridized carbons (Fsp3) is 0.385. The number of esters is 1. The maximum absolute atomic E-state index is 11.4. The lowest BCUT2D eigenvalue weighted by Crippen LogP contribution is -2.18. The summed E-state index contributed by atoms with van der Waals surface area (Å²) < 4.78 is 10.00. The van der Waals surface area contributed by atoms with E-state index in [-0.39, 0.29) is 18.8 Å². The minimum atomic E-state index is -0.588. The molecule has 0 bridgehead atoms. The summed E-state index contributed by atoms with van der Waals surface area (Å²) >= 11 is 3.32. The van der Waals surface area contributed by atoms with Crippen LogP contribution in [0.1, 0.15) is 22.8 Å². The molecule has 5 nitrogen and oxygen atoms in total. The Morgan fingerprint density at radius 2 is 2.11 bits per heavy atom. The summed E-state index contributed by atoms with van der Waals surface area (Å²) in [5.74, 6) is -0.781. The molecule has 1 aromatic rings. The van der Waals surface area contributed by atoms with E-state index in [2.05, 4.69) is 15.9 Å². The number of rotatable bonds is 7. The number of ether oxygens (including phenoxy) is 2. The Morgan fingerprint density at radius 1 is 1.37 bits per heavy atom. The number of hydrogen-bond acceptors (Lipinski definition) is 4. The average Bonchev–Trinajstić information content (AvgIpc) is 2.37. The van der Waals surface area contributed by atoms with Gasteiger partial charge < -0.3 is 15.2 Å². The van der Waals surface area contributed by atoms with Crippen LogP contribution in [0.25, 0.3) is 0 Å². The maximum atomic E-state index is 11.4. The molecular formula is C13H16BrNO4. The molecule has 19 heavy (non-hydrogen) atoms. The Morgan fingerprint density at radius 3 is 2.68 bits per heavy atom. The van der Waals surface area contributed by atoms with E-state index < -0.39 is 11.9 Å². The Labute approximate surface area is 120 Å². The highest BCUT2D eigenvalue weighted by molar-refractivity contribution is 9.09. The maximum Gasteiger partial charge on any atom is 0.344 e. The van der Waals surface area contributed by atoms with Gasteiger partial charge in [0.05, 0.1) is 12.2 Å². The summed E-state index contributed by atoms with van der Waals surface area (Å²) in [6.45, 7) is 1.75. The first-order chi connectivity index (χ1) is 9.08. The summed E-state index contributed by atoms with van der Waals surface area (Å²) in [5.41, 5.74) is 6.53. The Hall–Kier alpha value is -1.56. The third-order valence-electron chi connectivity index (χ3n) is 2.34. The molecular weight excluding hydrogens is 314 g/mol. The second-order valence-corrected chi connectivity index (χ2v) is 4.52. The highest BCUT2D eigenvalue weighted by Crippen LogP contribution is 2.20. The summed E-state index contributed by atoms with van der Waals surface area (Å²) in [7, 11) is 0. The fourth-order valence-electron chi connectivity index (χ4n) is 1.50. The first-order valence-electron chi connectivity index (χ1n) is 5.85. The molecule has 0 radical (unpaired) electrons. The lowest BCUT2D eigenvalue weighted by molar-refractivity contribution is -0.145. The summed E-state index contributed by atoms with van der Waals surface area (Å²) in [5, 5.41) is 0.786.